The number of β-lactam (4-membered cyclic amide) rings is 1. The molecule has 1 unspecified atom stereocenters. The van der Waals surface area contributed by atoms with Crippen LogP contribution in [0.25, 0.3) is 0 Å². The Bertz CT molecular complexity index is 493. The highest BCUT2D eigenvalue weighted by atomic mass is 16.2. The lowest BCUT2D eigenvalue weighted by molar-refractivity contribution is -0.171. The Morgan fingerprint density at radius 1 is 1.26 bits per heavy atom. The summed E-state index contributed by atoms with van der Waals surface area (Å²) in [6.07, 6.45) is 0.728. The molecule has 1 aliphatic heterocycles. The second-order valence-corrected chi connectivity index (χ2v) is 5.90. The molecule has 1 aliphatic rings. The van der Waals surface area contributed by atoms with Crippen LogP contribution >= 0.6 is 0 Å². The fourth-order valence-electron chi connectivity index (χ4n) is 2.42. The minimum Gasteiger partial charge on any atom is -0.274 e. The van der Waals surface area contributed by atoms with Crippen molar-refractivity contribution in [1.29, 1.82) is 0 Å². The van der Waals surface area contributed by atoms with Crippen LogP contribution in [0.1, 0.15) is 45.7 Å². The molecule has 2 amide bonds. The lowest BCUT2D eigenvalue weighted by Crippen LogP contribution is -2.59. The van der Waals surface area contributed by atoms with E-state index in [-0.39, 0.29) is 23.8 Å². The third kappa shape index (κ3) is 2.18. The van der Waals surface area contributed by atoms with Gasteiger partial charge in [-0.1, -0.05) is 58.0 Å². The fraction of sp³-hybridized carbons (Fsp3) is 0.500. The van der Waals surface area contributed by atoms with Crippen molar-refractivity contribution >= 4 is 11.8 Å². The van der Waals surface area contributed by atoms with E-state index in [0.717, 1.165) is 12.0 Å². The van der Waals surface area contributed by atoms with Crippen LogP contribution in [0, 0.1) is 11.3 Å². The van der Waals surface area contributed by atoms with Gasteiger partial charge in [0.2, 0.25) is 11.8 Å². The van der Waals surface area contributed by atoms with Crippen LogP contribution in [0.3, 0.4) is 0 Å². The van der Waals surface area contributed by atoms with Gasteiger partial charge in [-0.15, -0.1) is 0 Å². The molecule has 0 aromatic heterocycles. The van der Waals surface area contributed by atoms with Gasteiger partial charge in [0.1, 0.15) is 0 Å². The van der Waals surface area contributed by atoms with Crippen LogP contribution in [-0.4, -0.2) is 16.7 Å². The Morgan fingerprint density at radius 3 is 2.37 bits per heavy atom. The summed E-state index contributed by atoms with van der Waals surface area (Å²) in [5, 5.41) is 0. The van der Waals surface area contributed by atoms with E-state index in [1.165, 1.54) is 4.90 Å². The summed E-state index contributed by atoms with van der Waals surface area (Å²) >= 11 is 0. The molecule has 19 heavy (non-hydrogen) atoms. The Hall–Kier alpha value is -1.64. The molecule has 1 fully saturated rings. The van der Waals surface area contributed by atoms with Crippen molar-refractivity contribution in [3.8, 4) is 0 Å². The molecule has 2 rings (SSSR count). The van der Waals surface area contributed by atoms with Gasteiger partial charge in [0.25, 0.3) is 0 Å². The molecule has 0 bridgehead atoms. The maximum atomic E-state index is 12.5. The third-order valence-electron chi connectivity index (χ3n) is 4.20. The minimum atomic E-state index is -0.483. The predicted molar refractivity (Wildman–Crippen MR) is 74.3 cm³/mol. The number of rotatable bonds is 3. The first-order valence-corrected chi connectivity index (χ1v) is 6.82. The smallest absolute Gasteiger partial charge is 0.235 e. The topological polar surface area (TPSA) is 37.4 Å². The molecule has 1 aromatic rings. The molecule has 102 valence electrons. The SMILES string of the molecule is CCC(C)(C)C(=O)N1C(=O)C(C)[C@H]1c1ccccc1. The standard InChI is InChI=1S/C16H21NO2/c1-5-16(3,4)15(19)17-13(11(2)14(17)18)12-9-7-6-8-10-12/h6-11,13H,5H2,1-4H3/t11?,13-/m0/s1. The molecular weight excluding hydrogens is 238 g/mol. The Balaban J connectivity index is 2.30. The molecule has 1 saturated heterocycles. The highest BCUT2D eigenvalue weighted by Crippen LogP contribution is 2.42. The van der Waals surface area contributed by atoms with E-state index >= 15 is 0 Å². The number of carbonyl (C=O) groups excluding carboxylic acids is 2. The zero-order valence-corrected chi connectivity index (χ0v) is 12.0. The average Bonchev–Trinajstić information content (AvgIpc) is 2.43. The van der Waals surface area contributed by atoms with Gasteiger partial charge in [0, 0.05) is 5.41 Å². The summed E-state index contributed by atoms with van der Waals surface area (Å²) in [6.45, 7) is 7.66. The van der Waals surface area contributed by atoms with Crippen molar-refractivity contribution in [1.82, 2.24) is 4.90 Å². The first-order valence-electron chi connectivity index (χ1n) is 6.82. The van der Waals surface area contributed by atoms with E-state index in [1.54, 1.807) is 0 Å². The van der Waals surface area contributed by atoms with Gasteiger partial charge in [0.15, 0.2) is 0 Å². The number of amides is 2. The van der Waals surface area contributed by atoms with Crippen LogP contribution < -0.4 is 0 Å². The van der Waals surface area contributed by atoms with E-state index in [4.69, 9.17) is 0 Å². The zero-order chi connectivity index (χ0) is 14.2. The molecule has 3 nitrogen and oxygen atoms in total. The van der Waals surface area contributed by atoms with E-state index in [0.29, 0.717) is 0 Å². The molecule has 2 atom stereocenters. The molecule has 0 saturated carbocycles. The summed E-state index contributed by atoms with van der Waals surface area (Å²) in [5.74, 6) is -0.230. The molecule has 3 heteroatoms. The molecule has 1 aromatic carbocycles. The number of imide groups is 1. The van der Waals surface area contributed by atoms with E-state index < -0.39 is 5.41 Å². The van der Waals surface area contributed by atoms with Gasteiger partial charge < -0.3 is 0 Å². The summed E-state index contributed by atoms with van der Waals surface area (Å²) in [5.41, 5.74) is 0.554. The predicted octanol–water partition coefficient (Wildman–Crippen LogP) is 3.17. The third-order valence-corrected chi connectivity index (χ3v) is 4.20. The van der Waals surface area contributed by atoms with E-state index in [1.807, 2.05) is 58.0 Å². The van der Waals surface area contributed by atoms with Crippen LogP contribution in [0.4, 0.5) is 0 Å². The number of likely N-dealkylation sites (tertiary alicyclic amines) is 1. The lowest BCUT2D eigenvalue weighted by Gasteiger charge is -2.47. The van der Waals surface area contributed by atoms with Gasteiger partial charge in [-0.05, 0) is 12.0 Å². The maximum Gasteiger partial charge on any atom is 0.235 e. The molecule has 1 heterocycles. The Morgan fingerprint density at radius 2 is 1.84 bits per heavy atom. The molecular formula is C16H21NO2. The summed E-state index contributed by atoms with van der Waals surface area (Å²) in [4.78, 5) is 26.0. The highest BCUT2D eigenvalue weighted by molar-refractivity contribution is 6.03. The number of hydrogen-bond acceptors (Lipinski definition) is 2. The number of nitrogens with zero attached hydrogens (tertiary/aromatic N) is 1. The Kier molecular flexibility index (Phi) is 3.48. The summed E-state index contributed by atoms with van der Waals surface area (Å²) < 4.78 is 0. The van der Waals surface area contributed by atoms with Crippen LogP contribution in [0.5, 0.6) is 0 Å². The van der Waals surface area contributed by atoms with Crippen molar-refractivity contribution in [3.63, 3.8) is 0 Å². The highest BCUT2D eigenvalue weighted by Gasteiger charge is 2.51. The number of carbonyl (C=O) groups is 2. The second-order valence-electron chi connectivity index (χ2n) is 5.90. The van der Waals surface area contributed by atoms with Gasteiger partial charge >= 0.3 is 0 Å². The quantitative estimate of drug-likeness (QED) is 0.782. The van der Waals surface area contributed by atoms with Crippen molar-refractivity contribution in [2.45, 2.75) is 40.2 Å². The van der Waals surface area contributed by atoms with E-state index in [2.05, 4.69) is 0 Å². The Labute approximate surface area is 114 Å². The van der Waals surface area contributed by atoms with Crippen molar-refractivity contribution < 1.29 is 9.59 Å². The zero-order valence-electron chi connectivity index (χ0n) is 12.0. The number of benzene rings is 1. The van der Waals surface area contributed by atoms with Gasteiger partial charge in [0.05, 0.1) is 12.0 Å². The molecule has 0 N–H and O–H groups in total. The van der Waals surface area contributed by atoms with Crippen molar-refractivity contribution in [3.05, 3.63) is 35.9 Å². The monoisotopic (exact) mass is 259 g/mol. The van der Waals surface area contributed by atoms with Crippen LogP contribution in [-0.2, 0) is 9.59 Å². The lowest BCUT2D eigenvalue weighted by atomic mass is 9.79. The van der Waals surface area contributed by atoms with Gasteiger partial charge in [-0.25, -0.2) is 0 Å². The fourth-order valence-corrected chi connectivity index (χ4v) is 2.42. The summed E-state index contributed by atoms with van der Waals surface area (Å²) in [7, 11) is 0. The molecule has 0 radical (unpaired) electrons. The van der Waals surface area contributed by atoms with Gasteiger partial charge in [-0.2, -0.15) is 0 Å². The normalized spacial score (nSPS) is 23.2. The van der Waals surface area contributed by atoms with Crippen molar-refractivity contribution in [2.75, 3.05) is 0 Å². The van der Waals surface area contributed by atoms with E-state index in [9.17, 15) is 9.59 Å². The first kappa shape index (κ1) is 13.8. The largest absolute Gasteiger partial charge is 0.274 e. The first-order chi connectivity index (χ1) is 8.90. The van der Waals surface area contributed by atoms with Crippen LogP contribution in [0.2, 0.25) is 0 Å². The molecule has 0 aliphatic carbocycles. The minimum absolute atomic E-state index is 0.0552. The van der Waals surface area contributed by atoms with Crippen molar-refractivity contribution in [2.24, 2.45) is 11.3 Å². The average molecular weight is 259 g/mol. The second kappa shape index (κ2) is 4.80. The van der Waals surface area contributed by atoms with Crippen LogP contribution in [0.15, 0.2) is 30.3 Å². The molecule has 0 spiro atoms. The number of hydrogen-bond donors (Lipinski definition) is 0. The maximum absolute atomic E-state index is 12.5. The summed E-state index contributed by atoms with van der Waals surface area (Å²) in [6, 6.07) is 9.68. The van der Waals surface area contributed by atoms with Gasteiger partial charge in [-0.3, -0.25) is 14.5 Å².